The van der Waals surface area contributed by atoms with Crippen molar-refractivity contribution in [3.05, 3.63) is 130 Å². The monoisotopic (exact) mass is 558 g/mol. The smallest absolute Gasteiger partial charge is 0.289 e. The lowest BCUT2D eigenvalue weighted by atomic mass is 10.1. The van der Waals surface area contributed by atoms with Crippen LogP contribution in [0.4, 0.5) is 17.1 Å². The summed E-state index contributed by atoms with van der Waals surface area (Å²) < 4.78 is 28.1. The highest BCUT2D eigenvalue weighted by Crippen LogP contribution is 2.30. The van der Waals surface area contributed by atoms with Gasteiger partial charge in [-0.15, -0.1) is 0 Å². The Morgan fingerprint density at radius 3 is 2.10 bits per heavy atom. The normalized spacial score (nSPS) is 11.7. The third-order valence-corrected chi connectivity index (χ3v) is 7.88. The first-order chi connectivity index (χ1) is 19.2. The zero-order valence-electron chi connectivity index (χ0n) is 21.4. The molecule has 4 aromatic carbocycles. The maximum atomic E-state index is 13.7. The fourth-order valence-corrected chi connectivity index (χ4v) is 5.65. The van der Waals surface area contributed by atoms with E-state index in [0.29, 0.717) is 0 Å². The lowest BCUT2D eigenvalue weighted by Crippen LogP contribution is -2.38. The maximum Gasteiger partial charge on any atom is 0.289 e. The van der Waals surface area contributed by atoms with Gasteiger partial charge in [0.05, 0.1) is 27.9 Å². The number of hydrogen-bond donors (Lipinski definition) is 2. The van der Waals surface area contributed by atoms with Crippen molar-refractivity contribution in [1.29, 1.82) is 0 Å². The van der Waals surface area contributed by atoms with Crippen LogP contribution < -0.4 is 14.9 Å². The Labute approximate surface area is 231 Å². The fraction of sp³-hybridized carbons (Fsp3) is 0.103. The molecule has 40 heavy (non-hydrogen) atoms. The Hall–Kier alpha value is -5.03. The summed E-state index contributed by atoms with van der Waals surface area (Å²) in [6.07, 6.45) is 0. The lowest BCUT2D eigenvalue weighted by molar-refractivity contribution is -0.387. The third kappa shape index (κ3) is 6.33. The first-order valence-electron chi connectivity index (χ1n) is 12.2. The number of sulfonamides is 1. The van der Waals surface area contributed by atoms with Gasteiger partial charge in [-0.25, -0.2) is 8.42 Å². The second-order valence-electron chi connectivity index (χ2n) is 8.77. The molecule has 2 amide bonds. The molecule has 0 fully saturated rings. The number of benzene rings is 4. The van der Waals surface area contributed by atoms with Gasteiger partial charge in [-0.05, 0) is 42.8 Å². The molecule has 1 atom stereocenters. The lowest BCUT2D eigenvalue weighted by Gasteiger charge is -2.24. The predicted octanol–water partition coefficient (Wildman–Crippen LogP) is 4.92. The van der Waals surface area contributed by atoms with Gasteiger partial charge in [0.25, 0.3) is 21.6 Å². The van der Waals surface area contributed by atoms with Crippen LogP contribution in [0.25, 0.3) is 0 Å². The number of para-hydroxylation sites is 3. The standard InChI is InChI=1S/C29H26N4O6S/c1-21(22-12-4-2-5-13-22)30-29(35)24-16-8-9-17-25(24)31-28(34)20-32(23-14-6-3-7-15-23)40(38,39)27-19-11-10-18-26(27)33(36)37/h2-19,21H,20H2,1H3,(H,30,35)(H,31,34)/t21-/m0/s1. The second-order valence-corrected chi connectivity index (χ2v) is 10.6. The average molecular weight is 559 g/mol. The molecular weight excluding hydrogens is 532 g/mol. The Bertz CT molecular complexity index is 1630. The molecule has 10 nitrogen and oxygen atoms in total. The molecule has 0 unspecified atom stereocenters. The molecule has 0 heterocycles. The molecule has 0 aliphatic carbocycles. The van der Waals surface area contributed by atoms with Crippen molar-refractivity contribution in [2.75, 3.05) is 16.2 Å². The van der Waals surface area contributed by atoms with Crippen LogP contribution in [0.1, 0.15) is 28.9 Å². The highest BCUT2D eigenvalue weighted by molar-refractivity contribution is 7.93. The van der Waals surface area contributed by atoms with Gasteiger partial charge in [-0.1, -0.05) is 72.8 Å². The average Bonchev–Trinajstić information content (AvgIpc) is 2.97. The van der Waals surface area contributed by atoms with E-state index >= 15 is 0 Å². The van der Waals surface area contributed by atoms with E-state index in [-0.39, 0.29) is 23.0 Å². The van der Waals surface area contributed by atoms with Gasteiger partial charge >= 0.3 is 0 Å². The number of carbonyl (C=O) groups is 2. The third-order valence-electron chi connectivity index (χ3n) is 6.05. The Morgan fingerprint density at radius 2 is 1.43 bits per heavy atom. The number of nitrogens with zero attached hydrogens (tertiary/aromatic N) is 2. The molecule has 204 valence electrons. The summed E-state index contributed by atoms with van der Waals surface area (Å²) in [5, 5.41) is 17.1. The number of hydrogen-bond acceptors (Lipinski definition) is 6. The Morgan fingerprint density at radius 1 is 0.850 bits per heavy atom. The molecule has 0 bridgehead atoms. The molecule has 2 N–H and O–H groups in total. The largest absolute Gasteiger partial charge is 0.345 e. The number of nitro groups is 1. The van der Waals surface area contributed by atoms with E-state index in [2.05, 4.69) is 10.6 Å². The minimum absolute atomic E-state index is 0.138. The van der Waals surface area contributed by atoms with Crippen LogP contribution in [-0.2, 0) is 14.8 Å². The fourth-order valence-electron chi connectivity index (χ4n) is 4.06. The van der Waals surface area contributed by atoms with Crippen LogP contribution in [-0.4, -0.2) is 31.7 Å². The molecule has 4 aromatic rings. The quantitative estimate of drug-likeness (QED) is 0.209. The van der Waals surface area contributed by atoms with Crippen LogP contribution in [0.5, 0.6) is 0 Å². The van der Waals surface area contributed by atoms with E-state index < -0.39 is 43.9 Å². The molecule has 4 rings (SSSR count). The molecule has 0 spiro atoms. The first-order valence-corrected chi connectivity index (χ1v) is 13.7. The summed E-state index contributed by atoms with van der Waals surface area (Å²) >= 11 is 0. The van der Waals surface area contributed by atoms with Crippen LogP contribution in [0.3, 0.4) is 0 Å². The molecule has 0 aromatic heterocycles. The zero-order valence-corrected chi connectivity index (χ0v) is 22.2. The summed E-state index contributed by atoms with van der Waals surface area (Å²) in [7, 11) is -4.54. The van der Waals surface area contributed by atoms with E-state index in [1.165, 1.54) is 30.3 Å². The molecule has 11 heteroatoms. The van der Waals surface area contributed by atoms with Gasteiger partial charge in [0.1, 0.15) is 6.54 Å². The number of rotatable bonds is 10. The number of amides is 2. The molecular formula is C29H26N4O6S. The highest BCUT2D eigenvalue weighted by Gasteiger charge is 2.33. The number of nitrogens with one attached hydrogen (secondary N) is 2. The van der Waals surface area contributed by atoms with E-state index in [1.54, 1.807) is 36.4 Å². The van der Waals surface area contributed by atoms with Crippen LogP contribution >= 0.6 is 0 Å². The summed E-state index contributed by atoms with van der Waals surface area (Å²) in [5.41, 5.74) is 0.792. The van der Waals surface area contributed by atoms with Gasteiger partial charge in [0, 0.05) is 6.07 Å². The van der Waals surface area contributed by atoms with Crippen molar-refractivity contribution in [3.63, 3.8) is 0 Å². The van der Waals surface area contributed by atoms with E-state index in [4.69, 9.17) is 0 Å². The molecule has 0 aliphatic rings. The molecule has 0 radical (unpaired) electrons. The van der Waals surface area contributed by atoms with E-state index in [9.17, 15) is 28.1 Å². The van der Waals surface area contributed by atoms with Gasteiger partial charge in [0.15, 0.2) is 4.90 Å². The first kappa shape index (κ1) is 28.0. The van der Waals surface area contributed by atoms with Gasteiger partial charge in [0.2, 0.25) is 5.91 Å². The van der Waals surface area contributed by atoms with Crippen LogP contribution in [0, 0.1) is 10.1 Å². The predicted molar refractivity (Wildman–Crippen MR) is 151 cm³/mol. The SMILES string of the molecule is C[C@H](NC(=O)c1ccccc1NC(=O)CN(c1ccccc1)S(=O)(=O)c1ccccc1[N+](=O)[O-])c1ccccc1. The minimum atomic E-state index is -4.54. The molecule has 0 saturated carbocycles. The van der Waals surface area contributed by atoms with E-state index in [1.807, 2.05) is 37.3 Å². The topological polar surface area (TPSA) is 139 Å². The number of nitro benzene ring substituents is 1. The minimum Gasteiger partial charge on any atom is -0.345 e. The summed E-state index contributed by atoms with van der Waals surface area (Å²) in [4.78, 5) is 36.5. The molecule has 0 saturated heterocycles. The summed E-state index contributed by atoms with van der Waals surface area (Å²) in [6.45, 7) is 1.13. The number of anilines is 2. The Kier molecular flexibility index (Phi) is 8.55. The summed E-state index contributed by atoms with van der Waals surface area (Å²) in [5.74, 6) is -1.18. The van der Waals surface area contributed by atoms with Crippen molar-refractivity contribution in [2.45, 2.75) is 17.9 Å². The van der Waals surface area contributed by atoms with Crippen molar-refractivity contribution < 1.29 is 22.9 Å². The van der Waals surface area contributed by atoms with Crippen molar-refractivity contribution in [2.24, 2.45) is 0 Å². The summed E-state index contributed by atoms with van der Waals surface area (Å²) in [6, 6.07) is 28.1. The van der Waals surface area contributed by atoms with Crippen LogP contribution in [0.2, 0.25) is 0 Å². The molecule has 0 aliphatic heterocycles. The van der Waals surface area contributed by atoms with Gasteiger partial charge in [-0.2, -0.15) is 0 Å². The second kappa shape index (κ2) is 12.2. The highest BCUT2D eigenvalue weighted by atomic mass is 32.2. The van der Waals surface area contributed by atoms with E-state index in [0.717, 1.165) is 22.0 Å². The number of carbonyl (C=O) groups excluding carboxylic acids is 2. The van der Waals surface area contributed by atoms with Gasteiger partial charge in [-0.3, -0.25) is 24.0 Å². The Balaban J connectivity index is 1.60. The zero-order chi connectivity index (χ0) is 28.7. The van der Waals surface area contributed by atoms with Crippen molar-refractivity contribution >= 4 is 38.9 Å². The van der Waals surface area contributed by atoms with Crippen molar-refractivity contribution in [1.82, 2.24) is 5.32 Å². The van der Waals surface area contributed by atoms with Crippen molar-refractivity contribution in [3.8, 4) is 0 Å². The van der Waals surface area contributed by atoms with Gasteiger partial charge < -0.3 is 10.6 Å². The maximum absolute atomic E-state index is 13.7. The van der Waals surface area contributed by atoms with Crippen LogP contribution in [0.15, 0.2) is 114 Å².